The van der Waals surface area contributed by atoms with E-state index in [4.69, 9.17) is 0 Å². The van der Waals surface area contributed by atoms with E-state index in [1.165, 1.54) is 11.8 Å². The fourth-order valence-corrected chi connectivity index (χ4v) is 2.88. The smallest absolute Gasteiger partial charge is 0.221 e. The number of carbonyl (C=O) groups is 1. The van der Waals surface area contributed by atoms with Crippen LogP contribution in [-0.4, -0.2) is 10.9 Å². The molecule has 0 aliphatic rings. The first-order chi connectivity index (χ1) is 9.45. The van der Waals surface area contributed by atoms with Crippen LogP contribution in [0, 0.1) is 20.8 Å². The number of hydrogen-bond donors (Lipinski definition) is 2. The molecular formula is C15H19N3OS. The molecule has 20 heavy (non-hydrogen) atoms. The molecule has 2 aromatic rings. The maximum absolute atomic E-state index is 11.1. The van der Waals surface area contributed by atoms with Gasteiger partial charge >= 0.3 is 0 Å². The second kappa shape index (κ2) is 6.05. The highest BCUT2D eigenvalue weighted by Crippen LogP contribution is 2.23. The molecule has 0 aliphatic heterocycles. The summed E-state index contributed by atoms with van der Waals surface area (Å²) < 4.78 is 0. The lowest BCUT2D eigenvalue weighted by molar-refractivity contribution is -0.114. The van der Waals surface area contributed by atoms with Gasteiger partial charge in [0.1, 0.15) is 0 Å². The first-order valence-corrected chi connectivity index (χ1v) is 7.32. The summed E-state index contributed by atoms with van der Waals surface area (Å²) in [7, 11) is 0. The zero-order valence-corrected chi connectivity index (χ0v) is 13.0. The Bertz CT molecular complexity index is 634. The van der Waals surface area contributed by atoms with E-state index in [0.29, 0.717) is 0 Å². The van der Waals surface area contributed by atoms with Crippen LogP contribution >= 0.6 is 11.3 Å². The first-order valence-electron chi connectivity index (χ1n) is 6.50. The summed E-state index contributed by atoms with van der Waals surface area (Å²) in [5, 5.41) is 7.30. The van der Waals surface area contributed by atoms with Gasteiger partial charge in [-0.1, -0.05) is 6.07 Å². The third-order valence-corrected chi connectivity index (χ3v) is 4.07. The highest BCUT2D eigenvalue weighted by molar-refractivity contribution is 7.11. The zero-order valence-electron chi connectivity index (χ0n) is 12.2. The molecule has 0 bridgehead atoms. The number of thiazole rings is 1. The van der Waals surface area contributed by atoms with Gasteiger partial charge < -0.3 is 10.6 Å². The van der Waals surface area contributed by atoms with Crippen LogP contribution in [0.3, 0.4) is 0 Å². The van der Waals surface area contributed by atoms with Gasteiger partial charge in [0.15, 0.2) is 0 Å². The van der Waals surface area contributed by atoms with Gasteiger partial charge in [0.05, 0.1) is 17.2 Å². The molecule has 0 aliphatic carbocycles. The molecule has 5 heteroatoms. The maximum Gasteiger partial charge on any atom is 0.221 e. The first kappa shape index (κ1) is 14.5. The van der Waals surface area contributed by atoms with Crippen LogP contribution < -0.4 is 10.6 Å². The average molecular weight is 289 g/mol. The molecule has 1 amide bonds. The van der Waals surface area contributed by atoms with E-state index in [1.54, 1.807) is 11.3 Å². The lowest BCUT2D eigenvalue weighted by Crippen LogP contribution is -2.07. The van der Waals surface area contributed by atoms with Crippen molar-refractivity contribution in [1.29, 1.82) is 0 Å². The van der Waals surface area contributed by atoms with Crippen molar-refractivity contribution < 1.29 is 4.79 Å². The highest BCUT2D eigenvalue weighted by atomic mass is 32.1. The van der Waals surface area contributed by atoms with Crippen molar-refractivity contribution in [3.05, 3.63) is 39.3 Å². The van der Waals surface area contributed by atoms with Crippen molar-refractivity contribution in [3.63, 3.8) is 0 Å². The number of aryl methyl sites for hydroxylation is 3. The van der Waals surface area contributed by atoms with E-state index in [1.807, 2.05) is 39.0 Å². The third kappa shape index (κ3) is 3.57. The second-order valence-corrected chi connectivity index (χ2v) is 6.09. The van der Waals surface area contributed by atoms with E-state index in [2.05, 4.69) is 15.6 Å². The number of aromatic nitrogens is 1. The minimum atomic E-state index is -0.0614. The van der Waals surface area contributed by atoms with Crippen LogP contribution in [0.4, 0.5) is 11.4 Å². The van der Waals surface area contributed by atoms with Crippen LogP contribution in [0.1, 0.15) is 28.1 Å². The number of amides is 1. The number of rotatable bonds is 4. The van der Waals surface area contributed by atoms with Crippen molar-refractivity contribution in [2.45, 2.75) is 34.2 Å². The molecule has 0 unspecified atom stereocenters. The fourth-order valence-electron chi connectivity index (χ4n) is 2.01. The Balaban J connectivity index is 2.12. The van der Waals surface area contributed by atoms with Crippen molar-refractivity contribution in [2.75, 3.05) is 10.6 Å². The van der Waals surface area contributed by atoms with E-state index < -0.39 is 0 Å². The van der Waals surface area contributed by atoms with Gasteiger partial charge in [0.25, 0.3) is 0 Å². The molecule has 2 rings (SSSR count). The number of carbonyl (C=O) groups excluding carboxylic acids is 1. The summed E-state index contributed by atoms with van der Waals surface area (Å²) in [4.78, 5) is 16.8. The topological polar surface area (TPSA) is 54.0 Å². The number of nitrogens with one attached hydrogen (secondary N) is 2. The van der Waals surface area contributed by atoms with Crippen LogP contribution in [0.25, 0.3) is 0 Å². The minimum absolute atomic E-state index is 0.0614. The van der Waals surface area contributed by atoms with Gasteiger partial charge in [0, 0.05) is 23.2 Å². The Morgan fingerprint density at radius 1 is 1.30 bits per heavy atom. The summed E-state index contributed by atoms with van der Waals surface area (Å²) >= 11 is 1.71. The molecule has 0 saturated carbocycles. The minimum Gasteiger partial charge on any atom is -0.380 e. The standard InChI is InChI=1S/C15H19N3OS/c1-9-5-6-13(18-11(3)19)7-14(9)16-8-15-10(2)17-12(4)20-15/h5-7,16H,8H2,1-4H3,(H,18,19). The Morgan fingerprint density at radius 3 is 2.65 bits per heavy atom. The van der Waals surface area contributed by atoms with Gasteiger partial charge in [-0.3, -0.25) is 4.79 Å². The monoisotopic (exact) mass is 289 g/mol. The molecule has 4 nitrogen and oxygen atoms in total. The normalized spacial score (nSPS) is 10.4. The lowest BCUT2D eigenvalue weighted by Gasteiger charge is -2.11. The summed E-state index contributed by atoms with van der Waals surface area (Å²) in [6.07, 6.45) is 0. The van der Waals surface area contributed by atoms with Gasteiger partial charge in [0.2, 0.25) is 5.91 Å². The molecule has 0 radical (unpaired) electrons. The Kier molecular flexibility index (Phi) is 4.39. The van der Waals surface area contributed by atoms with Gasteiger partial charge in [-0.05, 0) is 38.5 Å². The third-order valence-electron chi connectivity index (χ3n) is 3.00. The van der Waals surface area contributed by atoms with Crippen LogP contribution in [0.5, 0.6) is 0 Å². The molecule has 0 fully saturated rings. The molecule has 0 saturated heterocycles. The Labute approximate surface area is 123 Å². The van der Waals surface area contributed by atoms with Gasteiger partial charge in [-0.2, -0.15) is 0 Å². The van der Waals surface area contributed by atoms with Crippen molar-refractivity contribution in [2.24, 2.45) is 0 Å². The molecule has 106 valence electrons. The Morgan fingerprint density at radius 2 is 2.05 bits per heavy atom. The molecule has 1 aromatic heterocycles. The summed E-state index contributed by atoms with van der Waals surface area (Å²) in [5.41, 5.74) is 4.07. The largest absolute Gasteiger partial charge is 0.380 e. The maximum atomic E-state index is 11.1. The summed E-state index contributed by atoms with van der Waals surface area (Å²) in [6.45, 7) is 8.35. The van der Waals surface area contributed by atoms with Gasteiger partial charge in [-0.15, -0.1) is 11.3 Å². The second-order valence-electron chi connectivity index (χ2n) is 4.81. The average Bonchev–Trinajstić information content (AvgIpc) is 2.68. The van der Waals surface area contributed by atoms with E-state index in [0.717, 1.165) is 34.2 Å². The fraction of sp³-hybridized carbons (Fsp3) is 0.333. The van der Waals surface area contributed by atoms with E-state index >= 15 is 0 Å². The van der Waals surface area contributed by atoms with Crippen LogP contribution in [0.15, 0.2) is 18.2 Å². The molecule has 0 atom stereocenters. The molecule has 2 N–H and O–H groups in total. The van der Waals surface area contributed by atoms with Crippen molar-refractivity contribution >= 4 is 28.6 Å². The number of nitrogens with zero attached hydrogens (tertiary/aromatic N) is 1. The predicted molar refractivity (Wildman–Crippen MR) is 84.4 cm³/mol. The van der Waals surface area contributed by atoms with Gasteiger partial charge in [-0.25, -0.2) is 4.98 Å². The van der Waals surface area contributed by atoms with Crippen LogP contribution in [0.2, 0.25) is 0 Å². The molecule has 0 spiro atoms. The summed E-state index contributed by atoms with van der Waals surface area (Å²) in [5.74, 6) is -0.0614. The van der Waals surface area contributed by atoms with Crippen LogP contribution in [-0.2, 0) is 11.3 Å². The predicted octanol–water partition coefficient (Wildman–Crippen LogP) is 3.64. The molecule has 1 heterocycles. The number of anilines is 2. The van der Waals surface area contributed by atoms with Crippen molar-refractivity contribution in [3.8, 4) is 0 Å². The number of benzene rings is 1. The highest BCUT2D eigenvalue weighted by Gasteiger charge is 2.06. The zero-order chi connectivity index (χ0) is 14.7. The quantitative estimate of drug-likeness (QED) is 0.903. The Hall–Kier alpha value is -1.88. The van der Waals surface area contributed by atoms with E-state index in [9.17, 15) is 4.79 Å². The number of hydrogen-bond acceptors (Lipinski definition) is 4. The van der Waals surface area contributed by atoms with E-state index in [-0.39, 0.29) is 5.91 Å². The summed E-state index contributed by atoms with van der Waals surface area (Å²) in [6, 6.07) is 5.86. The molecule has 1 aromatic carbocycles. The SMILES string of the molecule is CC(=O)Nc1ccc(C)c(NCc2sc(C)nc2C)c1. The molecular weight excluding hydrogens is 270 g/mol. The lowest BCUT2D eigenvalue weighted by atomic mass is 10.1. The van der Waals surface area contributed by atoms with Crippen molar-refractivity contribution in [1.82, 2.24) is 4.98 Å².